The van der Waals surface area contributed by atoms with Gasteiger partial charge in [0, 0.05) is 88.0 Å². The Morgan fingerprint density at radius 2 is 1.10 bits per heavy atom. The van der Waals surface area contributed by atoms with Crippen LogP contribution in [0.25, 0.3) is 0 Å². The Balaban J connectivity index is 0.000000221. The second-order valence-corrected chi connectivity index (χ2v) is 13.7. The van der Waals surface area contributed by atoms with E-state index in [2.05, 4.69) is 41.0 Å². The number of anilines is 4. The van der Waals surface area contributed by atoms with Crippen LogP contribution >= 0.6 is 0 Å². The van der Waals surface area contributed by atoms with Gasteiger partial charge in [-0.3, -0.25) is 19.8 Å². The molecule has 2 aromatic heterocycles. The Labute approximate surface area is 335 Å². The number of rotatable bonds is 8. The molecule has 4 aromatic rings. The summed E-state index contributed by atoms with van der Waals surface area (Å²) < 4.78 is 39.4. The third-order valence-corrected chi connectivity index (χ3v) is 9.47. The summed E-state index contributed by atoms with van der Waals surface area (Å²) in [5.41, 5.74) is 2.18. The number of pyridine rings is 2. The Kier molecular flexibility index (Phi) is 15.2. The summed E-state index contributed by atoms with van der Waals surface area (Å²) in [6, 6.07) is 15.4. The van der Waals surface area contributed by atoms with Crippen molar-refractivity contribution in [3.63, 3.8) is 0 Å². The molecular formula is C40H48F2N10O6. The van der Waals surface area contributed by atoms with Crippen molar-refractivity contribution in [1.82, 2.24) is 29.6 Å². The molecule has 16 nitrogen and oxygen atoms in total. The van der Waals surface area contributed by atoms with Crippen LogP contribution in [0.4, 0.5) is 50.7 Å². The molecule has 6 amide bonds. The van der Waals surface area contributed by atoms with E-state index in [9.17, 15) is 23.6 Å². The zero-order chi connectivity index (χ0) is 41.6. The number of benzene rings is 2. The maximum Gasteiger partial charge on any atom is 0.410 e. The van der Waals surface area contributed by atoms with Gasteiger partial charge >= 0.3 is 24.2 Å². The molecular weight excluding hydrogens is 754 g/mol. The van der Waals surface area contributed by atoms with E-state index in [0.717, 1.165) is 0 Å². The summed E-state index contributed by atoms with van der Waals surface area (Å²) in [7, 11) is 2.72. The van der Waals surface area contributed by atoms with Crippen LogP contribution < -0.4 is 21.3 Å². The minimum absolute atomic E-state index is 0.0594. The fourth-order valence-electron chi connectivity index (χ4n) is 6.77. The molecule has 58 heavy (non-hydrogen) atoms. The fraction of sp³-hybridized carbons (Fsp3) is 0.350. The van der Waals surface area contributed by atoms with Crippen LogP contribution in [-0.2, 0) is 22.6 Å². The van der Waals surface area contributed by atoms with Gasteiger partial charge in [0.25, 0.3) is 0 Å². The topological polar surface area (TPSA) is 174 Å². The lowest BCUT2D eigenvalue weighted by Crippen LogP contribution is -2.58. The highest BCUT2D eigenvalue weighted by atomic mass is 19.1. The number of ether oxygens (including phenoxy) is 2. The molecule has 2 fully saturated rings. The minimum atomic E-state index is -0.548. The SMILES string of the molecule is COC(=O)N1CCN(Cc2cccc(NC(=O)Nc3cccnc3)c2F)CC1.COC(=O)N1[C@H](C)CN(Cc2cccc(NC(=O)Nc3cccnc3)c2F)C[C@@H]1C. The Morgan fingerprint density at radius 1 is 0.638 bits per heavy atom. The number of halogens is 2. The van der Waals surface area contributed by atoms with E-state index < -0.39 is 23.7 Å². The zero-order valence-corrected chi connectivity index (χ0v) is 32.8. The van der Waals surface area contributed by atoms with E-state index in [0.29, 0.717) is 74.9 Å². The predicted molar refractivity (Wildman–Crippen MR) is 214 cm³/mol. The van der Waals surface area contributed by atoms with Crippen molar-refractivity contribution >= 4 is 47.0 Å². The predicted octanol–water partition coefficient (Wildman–Crippen LogP) is 6.27. The summed E-state index contributed by atoms with van der Waals surface area (Å²) in [5, 5.41) is 10.3. The first-order chi connectivity index (χ1) is 27.9. The third kappa shape index (κ3) is 11.8. The first-order valence-corrected chi connectivity index (χ1v) is 18.6. The number of piperazine rings is 2. The van der Waals surface area contributed by atoms with Crippen LogP contribution in [-0.4, -0.2) is 119 Å². The second-order valence-electron chi connectivity index (χ2n) is 13.7. The van der Waals surface area contributed by atoms with Gasteiger partial charge in [0.2, 0.25) is 0 Å². The number of nitrogens with one attached hydrogen (secondary N) is 4. The smallest absolute Gasteiger partial charge is 0.410 e. The molecule has 0 aliphatic carbocycles. The van der Waals surface area contributed by atoms with Crippen LogP contribution in [0.15, 0.2) is 85.5 Å². The molecule has 0 radical (unpaired) electrons. The van der Waals surface area contributed by atoms with E-state index in [4.69, 9.17) is 9.47 Å². The van der Waals surface area contributed by atoms with Crippen molar-refractivity contribution in [2.24, 2.45) is 0 Å². The van der Waals surface area contributed by atoms with E-state index in [1.54, 1.807) is 70.7 Å². The highest BCUT2D eigenvalue weighted by molar-refractivity contribution is 6.00. The molecule has 2 saturated heterocycles. The van der Waals surface area contributed by atoms with Crippen LogP contribution in [0.3, 0.4) is 0 Å². The molecule has 0 bridgehead atoms. The van der Waals surface area contributed by atoms with Crippen molar-refractivity contribution in [3.05, 3.63) is 108 Å². The number of carbonyl (C=O) groups is 4. The minimum Gasteiger partial charge on any atom is -0.453 e. The van der Waals surface area contributed by atoms with Gasteiger partial charge in [0.15, 0.2) is 11.6 Å². The number of amides is 6. The zero-order valence-electron chi connectivity index (χ0n) is 32.8. The van der Waals surface area contributed by atoms with Crippen LogP contribution in [0.5, 0.6) is 0 Å². The standard InChI is InChI=1S/C21H26FN5O3.C19H22FN5O3/c1-14-11-26(12-15(2)27(14)21(29)30-3)13-16-6-4-8-18(19(16)22)25-20(28)24-17-7-5-9-23-10-17;1-28-19(27)25-10-8-24(9-11-25)13-14-4-2-6-16(17(14)20)23-18(26)22-15-5-3-7-21-12-15/h4-10,14-15H,11-13H2,1-3H3,(H2,24,25,28);2-7,12H,8-11,13H2,1H3,(H2,22,23,26)/t14-,15+;. The fourth-order valence-corrected chi connectivity index (χ4v) is 6.77. The van der Waals surface area contributed by atoms with Crippen LogP contribution in [0, 0.1) is 11.6 Å². The van der Waals surface area contributed by atoms with E-state index in [1.165, 1.54) is 38.7 Å². The number of hydrogen-bond acceptors (Lipinski definition) is 10. The molecule has 0 unspecified atom stereocenters. The van der Waals surface area contributed by atoms with Crippen molar-refractivity contribution in [3.8, 4) is 0 Å². The van der Waals surface area contributed by atoms with E-state index >= 15 is 4.39 Å². The largest absolute Gasteiger partial charge is 0.453 e. The first-order valence-electron chi connectivity index (χ1n) is 18.6. The third-order valence-electron chi connectivity index (χ3n) is 9.47. The first kappa shape index (κ1) is 42.7. The summed E-state index contributed by atoms with van der Waals surface area (Å²) >= 11 is 0. The lowest BCUT2D eigenvalue weighted by atomic mass is 10.1. The molecule has 4 N–H and O–H groups in total. The molecule has 4 heterocycles. The normalized spacial score (nSPS) is 16.9. The highest BCUT2D eigenvalue weighted by Gasteiger charge is 2.34. The van der Waals surface area contributed by atoms with Crippen molar-refractivity contribution < 1.29 is 37.4 Å². The van der Waals surface area contributed by atoms with Crippen molar-refractivity contribution in [1.29, 1.82) is 0 Å². The lowest BCUT2D eigenvalue weighted by molar-refractivity contribution is 0.0295. The summed E-state index contributed by atoms with van der Waals surface area (Å²) in [5.74, 6) is -0.950. The number of aromatic nitrogens is 2. The Hall–Kier alpha value is -6.40. The average molecular weight is 803 g/mol. The monoisotopic (exact) mass is 802 g/mol. The lowest BCUT2D eigenvalue weighted by Gasteiger charge is -2.43. The van der Waals surface area contributed by atoms with Gasteiger partial charge in [-0.2, -0.15) is 0 Å². The second kappa shape index (κ2) is 20.7. The van der Waals surface area contributed by atoms with Gasteiger partial charge in [0.05, 0.1) is 49.4 Å². The number of methoxy groups -OCH3 is 2. The molecule has 0 spiro atoms. The Morgan fingerprint density at radius 3 is 1.53 bits per heavy atom. The molecule has 2 atom stereocenters. The Bertz CT molecular complexity index is 1990. The van der Waals surface area contributed by atoms with Gasteiger partial charge in [0.1, 0.15) is 0 Å². The molecule has 2 aliphatic rings. The average Bonchev–Trinajstić information content (AvgIpc) is 3.21. The summed E-state index contributed by atoms with van der Waals surface area (Å²) in [6.07, 6.45) is 5.49. The number of urea groups is 2. The van der Waals surface area contributed by atoms with E-state index in [-0.39, 0.29) is 35.6 Å². The highest BCUT2D eigenvalue weighted by Crippen LogP contribution is 2.24. The number of carbonyl (C=O) groups excluding carboxylic acids is 4. The molecule has 2 aromatic carbocycles. The maximum absolute atomic E-state index is 15.0. The molecule has 6 rings (SSSR count). The maximum atomic E-state index is 15.0. The number of hydrogen-bond donors (Lipinski definition) is 4. The molecule has 308 valence electrons. The van der Waals surface area contributed by atoms with Gasteiger partial charge < -0.3 is 40.5 Å². The van der Waals surface area contributed by atoms with Crippen LogP contribution in [0.1, 0.15) is 25.0 Å². The quantitative estimate of drug-likeness (QED) is 0.159. The molecule has 0 saturated carbocycles. The van der Waals surface area contributed by atoms with Gasteiger partial charge in [-0.05, 0) is 50.2 Å². The van der Waals surface area contributed by atoms with Gasteiger partial charge in [-0.1, -0.05) is 24.3 Å². The number of nitrogens with zero attached hydrogens (tertiary/aromatic N) is 6. The molecule has 2 aliphatic heterocycles. The van der Waals surface area contributed by atoms with Crippen molar-refractivity contribution in [2.75, 3.05) is 74.8 Å². The van der Waals surface area contributed by atoms with Crippen molar-refractivity contribution in [2.45, 2.75) is 39.0 Å². The molecule has 18 heteroatoms. The van der Waals surface area contributed by atoms with Gasteiger partial charge in [-0.15, -0.1) is 0 Å². The summed E-state index contributed by atoms with van der Waals surface area (Å²) in [6.45, 7) is 8.13. The van der Waals surface area contributed by atoms with Crippen LogP contribution in [0.2, 0.25) is 0 Å². The summed E-state index contributed by atoms with van der Waals surface area (Å²) in [4.78, 5) is 63.1. The van der Waals surface area contributed by atoms with E-state index in [1.807, 2.05) is 13.8 Å². The van der Waals surface area contributed by atoms with Gasteiger partial charge in [-0.25, -0.2) is 28.0 Å².